The summed E-state index contributed by atoms with van der Waals surface area (Å²) in [6.45, 7) is 9.73. The number of hydrogen-bond donors (Lipinski definition) is 1. The molecule has 1 fully saturated rings. The van der Waals surface area contributed by atoms with Gasteiger partial charge in [0.25, 0.3) is 0 Å². The molecule has 1 unspecified atom stereocenters. The molecule has 0 spiro atoms. The van der Waals surface area contributed by atoms with Crippen molar-refractivity contribution < 1.29 is 4.74 Å². The largest absolute Gasteiger partial charge is 0.377 e. The van der Waals surface area contributed by atoms with E-state index in [9.17, 15) is 0 Å². The summed E-state index contributed by atoms with van der Waals surface area (Å²) in [6.07, 6.45) is 3.57. The lowest BCUT2D eigenvalue weighted by Gasteiger charge is -2.39. The molecule has 1 heterocycles. The van der Waals surface area contributed by atoms with Gasteiger partial charge in [-0.1, -0.05) is 31.2 Å². The SMILES string of the molecule is CCCNCc1ccccc1CN1CCCC(C)(OC)C1. The molecule has 2 rings (SSSR count). The molecule has 0 saturated carbocycles. The zero-order valence-corrected chi connectivity index (χ0v) is 13.8. The van der Waals surface area contributed by atoms with Crippen LogP contribution in [0.5, 0.6) is 0 Å². The second-order valence-electron chi connectivity index (χ2n) is 6.41. The average Bonchev–Trinajstić information content (AvgIpc) is 2.49. The van der Waals surface area contributed by atoms with E-state index in [1.807, 2.05) is 7.11 Å². The van der Waals surface area contributed by atoms with Crippen molar-refractivity contribution in [3.63, 3.8) is 0 Å². The molecular formula is C18H30N2O. The molecule has 1 aliphatic rings. The van der Waals surface area contributed by atoms with Crippen LogP contribution < -0.4 is 5.32 Å². The Hall–Kier alpha value is -0.900. The van der Waals surface area contributed by atoms with E-state index in [0.29, 0.717) is 0 Å². The Morgan fingerprint density at radius 1 is 1.29 bits per heavy atom. The summed E-state index contributed by atoms with van der Waals surface area (Å²) in [5, 5.41) is 3.51. The smallest absolute Gasteiger partial charge is 0.0777 e. The highest BCUT2D eigenvalue weighted by Gasteiger charge is 2.30. The summed E-state index contributed by atoms with van der Waals surface area (Å²) in [7, 11) is 1.84. The van der Waals surface area contributed by atoms with E-state index in [-0.39, 0.29) is 5.60 Å². The van der Waals surface area contributed by atoms with Crippen molar-refractivity contribution in [3.8, 4) is 0 Å². The van der Waals surface area contributed by atoms with E-state index in [1.165, 1.54) is 36.9 Å². The van der Waals surface area contributed by atoms with Crippen LogP contribution in [0.4, 0.5) is 0 Å². The van der Waals surface area contributed by atoms with Crippen LogP contribution in [0.1, 0.15) is 44.2 Å². The Kier molecular flexibility index (Phi) is 6.22. The molecule has 3 nitrogen and oxygen atoms in total. The minimum Gasteiger partial charge on any atom is -0.377 e. The lowest BCUT2D eigenvalue weighted by molar-refractivity contribution is -0.0527. The molecule has 21 heavy (non-hydrogen) atoms. The van der Waals surface area contributed by atoms with Crippen LogP contribution in [0.3, 0.4) is 0 Å². The zero-order chi connectivity index (χ0) is 15.1. The van der Waals surface area contributed by atoms with Gasteiger partial charge in [0, 0.05) is 26.7 Å². The Morgan fingerprint density at radius 3 is 2.76 bits per heavy atom. The number of likely N-dealkylation sites (tertiary alicyclic amines) is 1. The highest BCUT2D eigenvalue weighted by atomic mass is 16.5. The summed E-state index contributed by atoms with van der Waals surface area (Å²) in [5.74, 6) is 0. The van der Waals surface area contributed by atoms with E-state index >= 15 is 0 Å². The molecule has 0 radical (unpaired) electrons. The van der Waals surface area contributed by atoms with Crippen LogP contribution >= 0.6 is 0 Å². The Bertz CT molecular complexity index is 435. The predicted molar refractivity (Wildman–Crippen MR) is 88.4 cm³/mol. The predicted octanol–water partition coefficient (Wildman–Crippen LogP) is 3.19. The van der Waals surface area contributed by atoms with E-state index in [4.69, 9.17) is 4.74 Å². The topological polar surface area (TPSA) is 24.5 Å². The van der Waals surface area contributed by atoms with E-state index in [0.717, 1.165) is 26.2 Å². The maximum absolute atomic E-state index is 5.70. The first-order valence-corrected chi connectivity index (χ1v) is 8.22. The number of nitrogens with one attached hydrogen (secondary N) is 1. The standard InChI is InChI=1S/C18H30N2O/c1-4-11-19-13-16-8-5-6-9-17(16)14-20-12-7-10-18(2,15-20)21-3/h5-6,8-9,19H,4,7,10-15H2,1-3H3. The second-order valence-corrected chi connectivity index (χ2v) is 6.41. The molecule has 1 aliphatic heterocycles. The molecule has 1 atom stereocenters. The lowest BCUT2D eigenvalue weighted by Crippen LogP contribution is -2.47. The molecule has 0 amide bonds. The van der Waals surface area contributed by atoms with Crippen LogP contribution in [-0.2, 0) is 17.8 Å². The van der Waals surface area contributed by atoms with Gasteiger partial charge in [-0.2, -0.15) is 0 Å². The van der Waals surface area contributed by atoms with Crippen LogP contribution in [-0.4, -0.2) is 37.2 Å². The number of ether oxygens (including phenoxy) is 1. The summed E-state index contributed by atoms with van der Waals surface area (Å²) < 4.78 is 5.70. The number of methoxy groups -OCH3 is 1. The van der Waals surface area contributed by atoms with E-state index < -0.39 is 0 Å². The minimum absolute atomic E-state index is 0.0215. The second kappa shape index (κ2) is 7.92. The van der Waals surface area contributed by atoms with Crippen molar-refractivity contribution in [2.24, 2.45) is 0 Å². The molecule has 118 valence electrons. The number of hydrogen-bond acceptors (Lipinski definition) is 3. The third-order valence-corrected chi connectivity index (χ3v) is 4.49. The van der Waals surface area contributed by atoms with Crippen LogP contribution in [0.2, 0.25) is 0 Å². The van der Waals surface area contributed by atoms with Gasteiger partial charge in [0.1, 0.15) is 0 Å². The fraction of sp³-hybridized carbons (Fsp3) is 0.667. The fourth-order valence-corrected chi connectivity index (χ4v) is 3.13. The van der Waals surface area contributed by atoms with Gasteiger partial charge in [-0.05, 0) is 50.4 Å². The minimum atomic E-state index is 0.0215. The van der Waals surface area contributed by atoms with Gasteiger partial charge < -0.3 is 10.1 Å². The van der Waals surface area contributed by atoms with Gasteiger partial charge in [-0.15, -0.1) is 0 Å². The third kappa shape index (κ3) is 4.80. The number of piperidine rings is 1. The van der Waals surface area contributed by atoms with Gasteiger partial charge in [0.15, 0.2) is 0 Å². The van der Waals surface area contributed by atoms with E-state index in [1.54, 1.807) is 0 Å². The zero-order valence-electron chi connectivity index (χ0n) is 13.8. The van der Waals surface area contributed by atoms with Gasteiger partial charge >= 0.3 is 0 Å². The van der Waals surface area contributed by atoms with Gasteiger partial charge in [-0.3, -0.25) is 4.90 Å². The summed E-state index contributed by atoms with van der Waals surface area (Å²) in [6, 6.07) is 8.80. The quantitative estimate of drug-likeness (QED) is 0.781. The number of rotatable bonds is 7. The molecule has 1 saturated heterocycles. The van der Waals surface area contributed by atoms with Crippen molar-refractivity contribution in [1.82, 2.24) is 10.2 Å². The molecule has 1 N–H and O–H groups in total. The molecule has 3 heteroatoms. The summed E-state index contributed by atoms with van der Waals surface area (Å²) in [5.41, 5.74) is 2.89. The summed E-state index contributed by atoms with van der Waals surface area (Å²) >= 11 is 0. The van der Waals surface area contributed by atoms with Gasteiger partial charge in [-0.25, -0.2) is 0 Å². The molecule has 1 aromatic carbocycles. The van der Waals surface area contributed by atoms with Crippen molar-refractivity contribution in [2.75, 3.05) is 26.7 Å². The van der Waals surface area contributed by atoms with Crippen LogP contribution in [0, 0.1) is 0 Å². The fourth-order valence-electron chi connectivity index (χ4n) is 3.13. The van der Waals surface area contributed by atoms with Gasteiger partial charge in [0.05, 0.1) is 5.60 Å². The maximum Gasteiger partial charge on any atom is 0.0777 e. The van der Waals surface area contributed by atoms with Crippen molar-refractivity contribution in [1.29, 1.82) is 0 Å². The first kappa shape index (κ1) is 16.5. The monoisotopic (exact) mass is 290 g/mol. The normalized spacial score (nSPS) is 23.4. The molecular weight excluding hydrogens is 260 g/mol. The lowest BCUT2D eigenvalue weighted by atomic mass is 9.94. The first-order chi connectivity index (χ1) is 10.2. The maximum atomic E-state index is 5.70. The van der Waals surface area contributed by atoms with Crippen LogP contribution in [0.25, 0.3) is 0 Å². The highest BCUT2D eigenvalue weighted by Crippen LogP contribution is 2.25. The molecule has 0 aliphatic carbocycles. The number of nitrogens with zero attached hydrogens (tertiary/aromatic N) is 1. The Labute approximate surface area is 129 Å². The van der Waals surface area contributed by atoms with E-state index in [2.05, 4.69) is 48.3 Å². The Balaban J connectivity index is 1.98. The highest BCUT2D eigenvalue weighted by molar-refractivity contribution is 5.27. The van der Waals surface area contributed by atoms with Crippen LogP contribution in [0.15, 0.2) is 24.3 Å². The van der Waals surface area contributed by atoms with Crippen molar-refractivity contribution in [3.05, 3.63) is 35.4 Å². The number of benzene rings is 1. The molecule has 0 bridgehead atoms. The molecule has 0 aromatic heterocycles. The molecule has 1 aromatic rings. The van der Waals surface area contributed by atoms with Crippen molar-refractivity contribution >= 4 is 0 Å². The average molecular weight is 290 g/mol. The first-order valence-electron chi connectivity index (χ1n) is 8.22. The van der Waals surface area contributed by atoms with Gasteiger partial charge in [0.2, 0.25) is 0 Å². The van der Waals surface area contributed by atoms with Crippen molar-refractivity contribution in [2.45, 2.75) is 51.8 Å². The Morgan fingerprint density at radius 2 is 2.05 bits per heavy atom. The third-order valence-electron chi connectivity index (χ3n) is 4.49. The summed E-state index contributed by atoms with van der Waals surface area (Å²) in [4.78, 5) is 2.53.